The summed E-state index contributed by atoms with van der Waals surface area (Å²) in [6.07, 6.45) is 0.649. The number of carbonyl (C=O) groups is 2. The minimum absolute atomic E-state index is 0.138. The van der Waals surface area contributed by atoms with Gasteiger partial charge in [-0.3, -0.25) is 14.5 Å². The molecule has 3 heterocycles. The zero-order valence-electron chi connectivity index (χ0n) is 24.2. The Kier molecular flexibility index (Phi) is 7.29. The van der Waals surface area contributed by atoms with Gasteiger partial charge >= 0.3 is 0 Å². The molecule has 3 aliphatic heterocycles. The quantitative estimate of drug-likeness (QED) is 0.407. The fraction of sp³-hybridized carbons (Fsp3) is 0.303. The van der Waals surface area contributed by atoms with Crippen LogP contribution < -0.4 is 15.0 Å². The predicted molar refractivity (Wildman–Crippen MR) is 158 cm³/mol. The molecule has 1 unspecified atom stereocenters. The van der Waals surface area contributed by atoms with Crippen molar-refractivity contribution >= 4 is 23.2 Å². The number of fused-ring (bicyclic) bond motifs is 1. The lowest BCUT2D eigenvalue weighted by molar-refractivity contribution is -0.126. The molecule has 1 atom stereocenters. The highest BCUT2D eigenvalue weighted by molar-refractivity contribution is 6.02. The molecule has 1 N–H and O–H groups in total. The number of rotatable bonds is 7. The van der Waals surface area contributed by atoms with Gasteiger partial charge in [-0.05, 0) is 48.2 Å². The molecule has 214 valence electrons. The third kappa shape index (κ3) is 5.58. The number of amides is 2. The number of hydrogen-bond acceptors (Lipinski definition) is 5. The first-order valence-electron chi connectivity index (χ1n) is 14.5. The van der Waals surface area contributed by atoms with E-state index < -0.39 is 11.9 Å². The Morgan fingerprint density at radius 1 is 1.07 bits per heavy atom. The maximum atomic E-state index is 14.4. The van der Waals surface area contributed by atoms with Crippen LogP contribution in [0.1, 0.15) is 41.3 Å². The number of ether oxygens (including phenoxy) is 1. The van der Waals surface area contributed by atoms with Crippen molar-refractivity contribution in [1.82, 2.24) is 15.1 Å². The van der Waals surface area contributed by atoms with Crippen LogP contribution in [-0.2, 0) is 24.5 Å². The van der Waals surface area contributed by atoms with Crippen LogP contribution in [0.2, 0.25) is 0 Å². The van der Waals surface area contributed by atoms with E-state index in [1.165, 1.54) is 16.5 Å². The normalized spacial score (nSPS) is 21.0. The molecule has 0 aromatic heterocycles. The molecule has 2 saturated heterocycles. The highest BCUT2D eigenvalue weighted by Crippen LogP contribution is 2.34. The monoisotopic (exact) mass is 566 g/mol. The predicted octanol–water partition coefficient (Wildman–Crippen LogP) is 5.03. The number of piperidine rings is 1. The minimum atomic E-state index is -1.68. The van der Waals surface area contributed by atoms with Crippen molar-refractivity contribution in [3.05, 3.63) is 112 Å². The van der Waals surface area contributed by atoms with Crippen molar-refractivity contribution in [2.24, 2.45) is 0 Å². The smallest absolute Gasteiger partial charge is 0.255 e. The maximum absolute atomic E-state index is 14.4. The van der Waals surface area contributed by atoms with Crippen LogP contribution in [0.3, 0.4) is 0 Å². The van der Waals surface area contributed by atoms with Gasteiger partial charge in [0.15, 0.2) is 5.69 Å². The van der Waals surface area contributed by atoms with Crippen LogP contribution in [0.15, 0.2) is 72.9 Å². The van der Waals surface area contributed by atoms with E-state index >= 15 is 0 Å². The Balaban J connectivity index is 1.04. The summed E-state index contributed by atoms with van der Waals surface area (Å²) in [6, 6.07) is 16.4. The summed E-state index contributed by atoms with van der Waals surface area (Å²) in [5.41, 5.74) is 4.71. The van der Waals surface area contributed by atoms with Crippen molar-refractivity contribution in [3.63, 3.8) is 0 Å². The summed E-state index contributed by atoms with van der Waals surface area (Å²) >= 11 is 0. The van der Waals surface area contributed by atoms with E-state index in [9.17, 15) is 14.0 Å². The van der Waals surface area contributed by atoms with E-state index in [2.05, 4.69) is 33.8 Å². The van der Waals surface area contributed by atoms with Gasteiger partial charge in [-0.25, -0.2) is 9.24 Å². The van der Waals surface area contributed by atoms with Gasteiger partial charge in [0.2, 0.25) is 5.91 Å². The first-order valence-corrected chi connectivity index (χ1v) is 14.0. The Labute approximate surface area is 246 Å². The van der Waals surface area contributed by atoms with Gasteiger partial charge in [0.05, 0.1) is 20.2 Å². The SMILES string of the molecule is [2H]C1(N2Cc3c(OCc4ccc(CN5CCN(c6ccc([N+]#[C-])cc6F)CC5)cc4)cccc3C2=O)CCC(=C)NC1=O. The number of hydrogen-bond donors (Lipinski definition) is 1. The standard InChI is InChI=1S/C33H32FN5O3/c1-22-6-12-30(32(40)36-22)39-20-27-26(33(39)41)4-3-5-31(27)42-21-24-9-7-23(8-10-24)19-37-14-16-38(17-15-37)29-13-11-25(35-2)18-28(29)34/h3-5,7-11,13,18,30H,1,6,12,14-17,19-21H2,(H,36,40)/i30D. The van der Waals surface area contributed by atoms with Gasteiger partial charge in [0.25, 0.3) is 5.91 Å². The number of nitrogens with zero attached hydrogens (tertiary/aromatic N) is 4. The molecule has 0 saturated carbocycles. The van der Waals surface area contributed by atoms with E-state index in [0.29, 0.717) is 60.1 Å². The number of benzene rings is 3. The minimum Gasteiger partial charge on any atom is -0.489 e. The van der Waals surface area contributed by atoms with Gasteiger partial charge in [0.1, 0.15) is 24.2 Å². The van der Waals surface area contributed by atoms with E-state index in [1.807, 2.05) is 23.1 Å². The van der Waals surface area contributed by atoms with Gasteiger partial charge < -0.3 is 19.9 Å². The van der Waals surface area contributed by atoms with E-state index in [0.717, 1.165) is 25.2 Å². The zero-order valence-corrected chi connectivity index (χ0v) is 23.2. The van der Waals surface area contributed by atoms with Crippen molar-refractivity contribution in [2.45, 2.75) is 38.6 Å². The Morgan fingerprint density at radius 2 is 1.83 bits per heavy atom. The first kappa shape index (κ1) is 26.2. The van der Waals surface area contributed by atoms with Crippen LogP contribution in [-0.4, -0.2) is 53.8 Å². The van der Waals surface area contributed by atoms with Crippen molar-refractivity contribution in [2.75, 3.05) is 31.1 Å². The summed E-state index contributed by atoms with van der Waals surface area (Å²) in [5.74, 6) is -0.658. The summed E-state index contributed by atoms with van der Waals surface area (Å²) < 4.78 is 29.4. The molecule has 2 amide bonds. The molecule has 42 heavy (non-hydrogen) atoms. The summed E-state index contributed by atoms with van der Waals surface area (Å²) in [6.45, 7) is 15.1. The molecule has 3 aromatic rings. The van der Waals surface area contributed by atoms with E-state index in [4.69, 9.17) is 12.7 Å². The molecule has 0 radical (unpaired) electrons. The molecule has 0 aliphatic carbocycles. The van der Waals surface area contributed by atoms with Gasteiger partial charge in [-0.15, -0.1) is 0 Å². The lowest BCUT2D eigenvalue weighted by atomic mass is 10.0. The molecule has 6 rings (SSSR count). The number of carbonyl (C=O) groups excluding carboxylic acids is 2. The Hall–Kier alpha value is -4.68. The largest absolute Gasteiger partial charge is 0.489 e. The van der Waals surface area contributed by atoms with Crippen molar-refractivity contribution < 1.29 is 20.1 Å². The average molecular weight is 567 g/mol. The molecule has 3 aliphatic rings. The fourth-order valence-electron chi connectivity index (χ4n) is 5.72. The summed E-state index contributed by atoms with van der Waals surface area (Å²) in [7, 11) is 0. The third-order valence-electron chi connectivity index (χ3n) is 8.06. The molecular formula is C33H32FN5O3. The molecule has 0 spiro atoms. The first-order chi connectivity index (χ1) is 20.7. The average Bonchev–Trinajstić information content (AvgIpc) is 3.36. The lowest BCUT2D eigenvalue weighted by Gasteiger charge is -2.36. The molecule has 0 bridgehead atoms. The number of piperazine rings is 1. The number of nitrogens with one attached hydrogen (secondary N) is 1. The summed E-state index contributed by atoms with van der Waals surface area (Å²) in [4.78, 5) is 34.8. The Bertz CT molecular complexity index is 1630. The second-order valence-corrected chi connectivity index (χ2v) is 10.8. The van der Waals surface area contributed by atoms with Crippen LogP contribution in [0.25, 0.3) is 4.85 Å². The molecule has 2 fully saturated rings. The van der Waals surface area contributed by atoms with Crippen LogP contribution in [0.4, 0.5) is 15.8 Å². The molecular weight excluding hydrogens is 533 g/mol. The van der Waals surface area contributed by atoms with E-state index in [1.54, 1.807) is 24.3 Å². The van der Waals surface area contributed by atoms with Crippen LogP contribution in [0.5, 0.6) is 5.75 Å². The second-order valence-electron chi connectivity index (χ2n) is 10.8. The van der Waals surface area contributed by atoms with Crippen LogP contribution >= 0.6 is 0 Å². The molecule has 9 heteroatoms. The summed E-state index contributed by atoms with van der Waals surface area (Å²) in [5, 5.41) is 2.63. The highest BCUT2D eigenvalue weighted by atomic mass is 19.1. The van der Waals surface area contributed by atoms with Crippen LogP contribution in [0, 0.1) is 12.4 Å². The molecule has 8 nitrogen and oxygen atoms in total. The Morgan fingerprint density at radius 3 is 2.55 bits per heavy atom. The van der Waals surface area contributed by atoms with Crippen molar-refractivity contribution in [1.29, 1.82) is 0 Å². The van der Waals surface area contributed by atoms with Crippen molar-refractivity contribution in [3.8, 4) is 5.75 Å². The number of anilines is 1. The lowest BCUT2D eigenvalue weighted by Crippen LogP contribution is -2.49. The van der Waals surface area contributed by atoms with E-state index in [-0.39, 0.29) is 24.7 Å². The topological polar surface area (TPSA) is 69.5 Å². The second kappa shape index (κ2) is 11.7. The van der Waals surface area contributed by atoms with Gasteiger partial charge in [-0.2, -0.15) is 0 Å². The molecule has 3 aromatic carbocycles. The maximum Gasteiger partial charge on any atom is 0.255 e. The van der Waals surface area contributed by atoms with Gasteiger partial charge in [0, 0.05) is 49.5 Å². The fourth-order valence-corrected chi connectivity index (χ4v) is 5.72. The van der Waals surface area contributed by atoms with Gasteiger partial charge in [-0.1, -0.05) is 43.0 Å². The number of allylic oxidation sites excluding steroid dienone is 1. The third-order valence-corrected chi connectivity index (χ3v) is 8.06. The highest BCUT2D eigenvalue weighted by Gasteiger charge is 2.39. The number of halogens is 1. The zero-order chi connectivity index (χ0) is 30.1.